The molecule has 3 aromatic rings. The highest BCUT2D eigenvalue weighted by molar-refractivity contribution is 5.92. The van der Waals surface area contributed by atoms with E-state index < -0.39 is 0 Å². The lowest BCUT2D eigenvalue weighted by Crippen LogP contribution is -2.46. The Bertz CT molecular complexity index is 934. The summed E-state index contributed by atoms with van der Waals surface area (Å²) in [6.45, 7) is 6.43. The fourth-order valence-corrected chi connectivity index (χ4v) is 3.33. The Morgan fingerprint density at radius 1 is 1.16 bits per heavy atom. The molecule has 0 unspecified atom stereocenters. The normalized spacial score (nSPS) is 15.4. The Morgan fingerprint density at radius 2 is 1.96 bits per heavy atom. The number of piperazine rings is 1. The van der Waals surface area contributed by atoms with Gasteiger partial charge in [0.25, 0.3) is 0 Å². The number of aromatic nitrogens is 2. The molecule has 0 saturated carbocycles. The van der Waals surface area contributed by atoms with Crippen molar-refractivity contribution < 1.29 is 4.52 Å². The van der Waals surface area contributed by atoms with Gasteiger partial charge in [-0.3, -0.25) is 4.90 Å². The third-order valence-corrected chi connectivity index (χ3v) is 4.58. The van der Waals surface area contributed by atoms with Gasteiger partial charge in [-0.05, 0) is 19.1 Å². The van der Waals surface area contributed by atoms with Crippen molar-refractivity contribution in [2.45, 2.75) is 13.5 Å². The van der Waals surface area contributed by atoms with Crippen molar-refractivity contribution in [2.24, 2.45) is 0 Å². The summed E-state index contributed by atoms with van der Waals surface area (Å²) in [5.74, 6) is 0.909. The average molecular weight is 333 g/mol. The van der Waals surface area contributed by atoms with Crippen molar-refractivity contribution in [2.75, 3.05) is 31.1 Å². The number of pyridine rings is 1. The van der Waals surface area contributed by atoms with Gasteiger partial charge in [0.15, 0.2) is 5.76 Å². The van der Waals surface area contributed by atoms with Crippen molar-refractivity contribution >= 4 is 16.6 Å². The van der Waals surface area contributed by atoms with Crippen LogP contribution in [0.3, 0.4) is 0 Å². The Kier molecular flexibility index (Phi) is 4.08. The maximum Gasteiger partial charge on any atom is 0.150 e. The largest absolute Gasteiger partial charge is 0.368 e. The number of nitriles is 1. The van der Waals surface area contributed by atoms with Crippen molar-refractivity contribution in [1.82, 2.24) is 15.0 Å². The third-order valence-electron chi connectivity index (χ3n) is 4.58. The number of aryl methyl sites for hydroxylation is 1. The van der Waals surface area contributed by atoms with Crippen LogP contribution in [0.25, 0.3) is 10.9 Å². The lowest BCUT2D eigenvalue weighted by atomic mass is 10.1. The molecule has 0 radical (unpaired) electrons. The van der Waals surface area contributed by atoms with Crippen LogP contribution in [0.5, 0.6) is 0 Å². The summed E-state index contributed by atoms with van der Waals surface area (Å²) >= 11 is 0. The van der Waals surface area contributed by atoms with Crippen LogP contribution in [0.4, 0.5) is 5.69 Å². The molecule has 1 aromatic carbocycles. The summed E-state index contributed by atoms with van der Waals surface area (Å²) in [6.07, 6.45) is 0. The van der Waals surface area contributed by atoms with Gasteiger partial charge in [0.1, 0.15) is 11.8 Å². The summed E-state index contributed by atoms with van der Waals surface area (Å²) in [7, 11) is 0. The second kappa shape index (κ2) is 6.54. The van der Waals surface area contributed by atoms with Gasteiger partial charge >= 0.3 is 0 Å². The maximum absolute atomic E-state index is 9.27. The second-order valence-electron chi connectivity index (χ2n) is 6.35. The van der Waals surface area contributed by atoms with E-state index >= 15 is 0 Å². The van der Waals surface area contributed by atoms with Crippen LogP contribution in [0.2, 0.25) is 0 Å². The van der Waals surface area contributed by atoms with Crippen LogP contribution in [-0.2, 0) is 6.54 Å². The van der Waals surface area contributed by atoms with Crippen LogP contribution < -0.4 is 4.90 Å². The molecule has 1 saturated heterocycles. The molecule has 0 spiro atoms. The van der Waals surface area contributed by atoms with E-state index in [4.69, 9.17) is 4.52 Å². The number of benzene rings is 1. The minimum atomic E-state index is 0.466. The van der Waals surface area contributed by atoms with Gasteiger partial charge < -0.3 is 9.42 Å². The van der Waals surface area contributed by atoms with Crippen LogP contribution in [0.15, 0.2) is 40.9 Å². The smallest absolute Gasteiger partial charge is 0.150 e. The van der Waals surface area contributed by atoms with E-state index in [9.17, 15) is 5.26 Å². The van der Waals surface area contributed by atoms with E-state index in [0.29, 0.717) is 5.69 Å². The first-order chi connectivity index (χ1) is 12.2. The first-order valence-electron chi connectivity index (χ1n) is 8.42. The Labute approximate surface area is 146 Å². The second-order valence-corrected chi connectivity index (χ2v) is 6.35. The number of anilines is 1. The van der Waals surface area contributed by atoms with Gasteiger partial charge in [0.2, 0.25) is 0 Å². The fourth-order valence-electron chi connectivity index (χ4n) is 3.33. The molecule has 1 fully saturated rings. The van der Waals surface area contributed by atoms with E-state index in [0.717, 1.165) is 60.8 Å². The van der Waals surface area contributed by atoms with E-state index in [-0.39, 0.29) is 0 Å². The number of hydrogen-bond donors (Lipinski definition) is 0. The zero-order valence-corrected chi connectivity index (χ0v) is 14.1. The number of para-hydroxylation sites is 1. The molecule has 0 N–H and O–H groups in total. The van der Waals surface area contributed by atoms with E-state index in [1.54, 1.807) is 0 Å². The van der Waals surface area contributed by atoms with Gasteiger partial charge in [-0.2, -0.15) is 5.26 Å². The highest BCUT2D eigenvalue weighted by Gasteiger charge is 2.20. The predicted octanol–water partition coefficient (Wildman–Crippen LogP) is 2.73. The molecule has 0 aliphatic carbocycles. The molecular formula is C19H19N5O. The molecule has 126 valence electrons. The number of fused-ring (bicyclic) bond motifs is 1. The summed E-state index contributed by atoms with van der Waals surface area (Å²) in [4.78, 5) is 9.11. The highest BCUT2D eigenvalue weighted by atomic mass is 16.5. The monoisotopic (exact) mass is 333 g/mol. The molecule has 4 rings (SSSR count). The standard InChI is InChI=1S/C19H19N5O/c1-14-10-16(25-22-14)13-23-6-8-24(9-7-23)19-11-15(12-20)21-18-5-3-2-4-17(18)19/h2-5,10-11H,6-9,13H2,1H3. The molecule has 6 nitrogen and oxygen atoms in total. The van der Waals surface area contributed by atoms with Crippen molar-refractivity contribution in [3.05, 3.63) is 53.5 Å². The molecule has 1 aliphatic rings. The molecule has 6 heteroatoms. The Balaban J connectivity index is 1.52. The summed E-state index contributed by atoms with van der Waals surface area (Å²) < 4.78 is 5.32. The minimum absolute atomic E-state index is 0.466. The fraction of sp³-hybridized carbons (Fsp3) is 0.316. The molecule has 0 amide bonds. The van der Waals surface area contributed by atoms with Crippen molar-refractivity contribution in [3.8, 4) is 6.07 Å². The zero-order chi connectivity index (χ0) is 17.2. The molecular weight excluding hydrogens is 314 g/mol. The highest BCUT2D eigenvalue weighted by Crippen LogP contribution is 2.27. The van der Waals surface area contributed by atoms with E-state index in [2.05, 4.69) is 32.1 Å². The molecule has 0 bridgehead atoms. The first-order valence-corrected chi connectivity index (χ1v) is 8.42. The molecule has 1 aliphatic heterocycles. The van der Waals surface area contributed by atoms with Gasteiger partial charge in [-0.25, -0.2) is 4.98 Å². The van der Waals surface area contributed by atoms with Gasteiger partial charge in [-0.1, -0.05) is 23.4 Å². The zero-order valence-electron chi connectivity index (χ0n) is 14.1. The third kappa shape index (κ3) is 3.19. The lowest BCUT2D eigenvalue weighted by molar-refractivity contribution is 0.219. The van der Waals surface area contributed by atoms with Crippen LogP contribution in [-0.4, -0.2) is 41.2 Å². The van der Waals surface area contributed by atoms with Crippen molar-refractivity contribution in [1.29, 1.82) is 5.26 Å². The number of nitrogens with zero attached hydrogens (tertiary/aromatic N) is 5. The van der Waals surface area contributed by atoms with E-state index in [1.807, 2.05) is 37.3 Å². The first kappa shape index (κ1) is 15.6. The predicted molar refractivity (Wildman–Crippen MR) is 95.2 cm³/mol. The summed E-state index contributed by atoms with van der Waals surface area (Å²) in [5, 5.41) is 14.3. The maximum atomic E-state index is 9.27. The van der Waals surface area contributed by atoms with Crippen LogP contribution in [0, 0.1) is 18.3 Å². The topological polar surface area (TPSA) is 69.2 Å². The molecule has 3 heterocycles. The number of hydrogen-bond acceptors (Lipinski definition) is 6. The molecule has 0 atom stereocenters. The van der Waals surface area contributed by atoms with Crippen LogP contribution >= 0.6 is 0 Å². The molecule has 25 heavy (non-hydrogen) atoms. The summed E-state index contributed by atoms with van der Waals surface area (Å²) in [5.41, 5.74) is 3.35. The minimum Gasteiger partial charge on any atom is -0.368 e. The lowest BCUT2D eigenvalue weighted by Gasteiger charge is -2.36. The SMILES string of the molecule is Cc1cc(CN2CCN(c3cc(C#N)nc4ccccc34)CC2)on1. The quantitative estimate of drug-likeness (QED) is 0.734. The van der Waals surface area contributed by atoms with Crippen molar-refractivity contribution in [3.63, 3.8) is 0 Å². The van der Waals surface area contributed by atoms with Gasteiger partial charge in [0.05, 0.1) is 17.8 Å². The van der Waals surface area contributed by atoms with Gasteiger partial charge in [0, 0.05) is 43.3 Å². The molecule has 2 aromatic heterocycles. The Morgan fingerprint density at radius 3 is 2.68 bits per heavy atom. The summed E-state index contributed by atoms with van der Waals surface area (Å²) in [6, 6.07) is 14.1. The average Bonchev–Trinajstić information content (AvgIpc) is 3.06. The number of rotatable bonds is 3. The van der Waals surface area contributed by atoms with E-state index in [1.165, 1.54) is 0 Å². The Hall–Kier alpha value is -2.91. The van der Waals surface area contributed by atoms with Gasteiger partial charge in [-0.15, -0.1) is 0 Å². The van der Waals surface area contributed by atoms with Crippen LogP contribution in [0.1, 0.15) is 17.1 Å².